The molecule has 2 heterocycles. The Morgan fingerprint density at radius 3 is 2.67 bits per heavy atom. The fraction of sp³-hybridized carbons (Fsp3) is 0.192. The van der Waals surface area contributed by atoms with Gasteiger partial charge >= 0.3 is 0 Å². The summed E-state index contributed by atoms with van der Waals surface area (Å²) in [6.45, 7) is 2.47. The van der Waals surface area contributed by atoms with Gasteiger partial charge in [-0.3, -0.25) is 9.59 Å². The van der Waals surface area contributed by atoms with Gasteiger partial charge in [-0.15, -0.1) is 11.3 Å². The Morgan fingerprint density at radius 2 is 1.88 bits per heavy atom. The molecule has 4 aromatic rings. The summed E-state index contributed by atoms with van der Waals surface area (Å²) in [6, 6.07) is 19.5. The number of amides is 2. The molecule has 5 nitrogen and oxygen atoms in total. The first kappa shape index (κ1) is 21.4. The Balaban J connectivity index is 1.27. The molecule has 1 fully saturated rings. The van der Waals surface area contributed by atoms with Crippen LogP contribution in [0.4, 0.5) is 10.1 Å². The first-order chi connectivity index (χ1) is 16.0. The molecule has 0 saturated carbocycles. The van der Waals surface area contributed by atoms with E-state index in [1.165, 1.54) is 16.5 Å². The van der Waals surface area contributed by atoms with E-state index in [1.807, 2.05) is 24.3 Å². The van der Waals surface area contributed by atoms with Crippen molar-refractivity contribution in [2.45, 2.75) is 25.8 Å². The van der Waals surface area contributed by atoms with E-state index in [0.717, 1.165) is 20.8 Å². The number of hydrogen-bond acceptors (Lipinski definition) is 5. The predicted molar refractivity (Wildman–Crippen MR) is 129 cm³/mol. The first-order valence-corrected chi connectivity index (χ1v) is 11.6. The number of benzene rings is 3. The Kier molecular flexibility index (Phi) is 5.74. The highest BCUT2D eigenvalue weighted by Gasteiger charge is 2.39. The molecular formula is C26H22FN3O2S. The molecule has 0 unspecified atom stereocenters. The number of hydrogen-bond donors (Lipinski definition) is 1. The van der Waals surface area contributed by atoms with Gasteiger partial charge in [0.2, 0.25) is 5.91 Å². The van der Waals surface area contributed by atoms with Crippen LogP contribution in [0.2, 0.25) is 0 Å². The molecular weight excluding hydrogens is 437 g/mol. The summed E-state index contributed by atoms with van der Waals surface area (Å²) in [7, 11) is 0. The quantitative estimate of drug-likeness (QED) is 0.418. The fourth-order valence-electron chi connectivity index (χ4n) is 4.05. The number of fused-ring (bicyclic) bond motifs is 1. The third-order valence-electron chi connectivity index (χ3n) is 5.81. The SMILES string of the molecule is Cc1ccc2nc(-c3ccc(N4C(=O)C[C@H](NCCc5ccccc5F)C4=O)cc3)sc2c1. The van der Waals surface area contributed by atoms with Crippen molar-refractivity contribution in [2.24, 2.45) is 0 Å². The van der Waals surface area contributed by atoms with Crippen molar-refractivity contribution in [3.05, 3.63) is 83.7 Å². The second kappa shape index (κ2) is 8.84. The van der Waals surface area contributed by atoms with Gasteiger partial charge < -0.3 is 5.32 Å². The maximum atomic E-state index is 13.8. The van der Waals surface area contributed by atoms with Crippen LogP contribution in [-0.2, 0) is 16.0 Å². The van der Waals surface area contributed by atoms with Gasteiger partial charge in [0, 0.05) is 12.1 Å². The molecule has 1 saturated heterocycles. The van der Waals surface area contributed by atoms with E-state index in [0.29, 0.717) is 24.2 Å². The van der Waals surface area contributed by atoms with Crippen LogP contribution >= 0.6 is 11.3 Å². The number of carbonyl (C=O) groups is 2. The Labute approximate surface area is 194 Å². The standard InChI is InChI=1S/C26H22FN3O2S/c1-16-6-11-21-23(14-16)33-25(29-21)18-7-9-19(10-8-18)30-24(31)15-22(26(30)32)28-13-12-17-4-2-3-5-20(17)27/h2-11,14,22,28H,12-13,15H2,1H3/t22-/m0/s1. The maximum Gasteiger partial charge on any atom is 0.251 e. The van der Waals surface area contributed by atoms with E-state index < -0.39 is 6.04 Å². The molecule has 0 aliphatic carbocycles. The van der Waals surface area contributed by atoms with Gasteiger partial charge in [0.15, 0.2) is 0 Å². The minimum Gasteiger partial charge on any atom is -0.305 e. The van der Waals surface area contributed by atoms with Gasteiger partial charge in [-0.25, -0.2) is 14.3 Å². The lowest BCUT2D eigenvalue weighted by Crippen LogP contribution is -2.39. The molecule has 33 heavy (non-hydrogen) atoms. The molecule has 1 aliphatic heterocycles. The van der Waals surface area contributed by atoms with Crippen molar-refractivity contribution in [3.8, 4) is 10.6 Å². The predicted octanol–water partition coefficient (Wildman–Crippen LogP) is 4.88. The number of nitrogens with one attached hydrogen (secondary N) is 1. The van der Waals surface area contributed by atoms with Gasteiger partial charge in [0.1, 0.15) is 10.8 Å². The summed E-state index contributed by atoms with van der Waals surface area (Å²) >= 11 is 1.62. The average Bonchev–Trinajstić information content (AvgIpc) is 3.35. The lowest BCUT2D eigenvalue weighted by Gasteiger charge is -2.16. The van der Waals surface area contributed by atoms with Crippen LogP contribution in [0.15, 0.2) is 66.7 Å². The summed E-state index contributed by atoms with van der Waals surface area (Å²) in [6.07, 6.45) is 0.538. The van der Waals surface area contributed by atoms with Crippen LogP contribution in [0.5, 0.6) is 0 Å². The molecule has 1 N–H and O–H groups in total. The van der Waals surface area contributed by atoms with Crippen LogP contribution in [0.25, 0.3) is 20.8 Å². The normalized spacial score (nSPS) is 16.2. The summed E-state index contributed by atoms with van der Waals surface area (Å²) in [4.78, 5) is 31.4. The highest BCUT2D eigenvalue weighted by atomic mass is 32.1. The number of aryl methyl sites for hydroxylation is 1. The second-order valence-corrected chi connectivity index (χ2v) is 9.19. The zero-order valence-corrected chi connectivity index (χ0v) is 18.9. The highest BCUT2D eigenvalue weighted by Crippen LogP contribution is 2.32. The van der Waals surface area contributed by atoms with Crippen LogP contribution in [-0.4, -0.2) is 29.4 Å². The number of thiazole rings is 1. The molecule has 1 aliphatic rings. The number of anilines is 1. The van der Waals surface area contributed by atoms with E-state index >= 15 is 0 Å². The number of nitrogens with zero attached hydrogens (tertiary/aromatic N) is 2. The fourth-order valence-corrected chi connectivity index (χ4v) is 5.12. The smallest absolute Gasteiger partial charge is 0.251 e. The molecule has 5 rings (SSSR count). The lowest BCUT2D eigenvalue weighted by atomic mass is 10.1. The number of imide groups is 1. The van der Waals surface area contributed by atoms with E-state index in [9.17, 15) is 14.0 Å². The highest BCUT2D eigenvalue weighted by molar-refractivity contribution is 7.21. The molecule has 0 bridgehead atoms. The van der Waals surface area contributed by atoms with E-state index in [1.54, 1.807) is 41.7 Å². The zero-order valence-electron chi connectivity index (χ0n) is 18.0. The van der Waals surface area contributed by atoms with Crippen LogP contribution in [0.1, 0.15) is 17.5 Å². The van der Waals surface area contributed by atoms with Crippen molar-refractivity contribution in [3.63, 3.8) is 0 Å². The molecule has 1 aromatic heterocycles. The summed E-state index contributed by atoms with van der Waals surface area (Å²) in [5.74, 6) is -0.790. The minimum absolute atomic E-state index is 0.0923. The number of halogens is 1. The Bertz CT molecular complexity index is 1350. The number of carbonyl (C=O) groups excluding carboxylic acids is 2. The molecule has 1 atom stereocenters. The topological polar surface area (TPSA) is 62.3 Å². The van der Waals surface area contributed by atoms with Gasteiger partial charge in [0.05, 0.1) is 28.4 Å². The Hall–Kier alpha value is -3.42. The summed E-state index contributed by atoms with van der Waals surface area (Å²) in [5.41, 5.74) is 4.22. The molecule has 7 heteroatoms. The Morgan fingerprint density at radius 1 is 1.09 bits per heavy atom. The van der Waals surface area contributed by atoms with Crippen LogP contribution in [0.3, 0.4) is 0 Å². The van der Waals surface area contributed by atoms with Crippen molar-refractivity contribution in [2.75, 3.05) is 11.4 Å². The van der Waals surface area contributed by atoms with Crippen LogP contribution in [0, 0.1) is 12.7 Å². The van der Waals surface area contributed by atoms with Gasteiger partial charge in [-0.1, -0.05) is 24.3 Å². The van der Waals surface area contributed by atoms with Gasteiger partial charge in [0.25, 0.3) is 5.91 Å². The number of rotatable bonds is 6. The molecule has 3 aromatic carbocycles. The summed E-state index contributed by atoms with van der Waals surface area (Å²) in [5, 5.41) is 4.00. The summed E-state index contributed by atoms with van der Waals surface area (Å²) < 4.78 is 14.9. The van der Waals surface area contributed by atoms with Crippen molar-refractivity contribution in [1.82, 2.24) is 10.3 Å². The van der Waals surface area contributed by atoms with E-state index in [2.05, 4.69) is 18.3 Å². The monoisotopic (exact) mass is 459 g/mol. The van der Waals surface area contributed by atoms with E-state index in [4.69, 9.17) is 4.98 Å². The van der Waals surface area contributed by atoms with Crippen molar-refractivity contribution < 1.29 is 14.0 Å². The first-order valence-electron chi connectivity index (χ1n) is 10.8. The van der Waals surface area contributed by atoms with Crippen molar-refractivity contribution >= 4 is 39.1 Å². The van der Waals surface area contributed by atoms with Crippen molar-refractivity contribution in [1.29, 1.82) is 0 Å². The lowest BCUT2D eigenvalue weighted by molar-refractivity contribution is -0.121. The maximum absolute atomic E-state index is 13.8. The van der Waals surface area contributed by atoms with E-state index in [-0.39, 0.29) is 24.1 Å². The molecule has 166 valence electrons. The molecule has 2 amide bonds. The second-order valence-electron chi connectivity index (χ2n) is 8.16. The van der Waals surface area contributed by atoms with Gasteiger partial charge in [-0.2, -0.15) is 0 Å². The average molecular weight is 460 g/mol. The molecule has 0 radical (unpaired) electrons. The largest absolute Gasteiger partial charge is 0.305 e. The third-order valence-corrected chi connectivity index (χ3v) is 6.87. The van der Waals surface area contributed by atoms with Gasteiger partial charge in [-0.05, 0) is 66.9 Å². The van der Waals surface area contributed by atoms with Crippen LogP contribution < -0.4 is 10.2 Å². The minimum atomic E-state index is -0.601. The zero-order chi connectivity index (χ0) is 22.9. The number of aromatic nitrogens is 1. The third kappa shape index (κ3) is 4.29. The molecule has 0 spiro atoms.